The molecule has 1 amide bonds. The van der Waals surface area contributed by atoms with Crippen molar-refractivity contribution in [2.45, 2.75) is 32.4 Å². The number of nitrogens with zero attached hydrogens (tertiary/aromatic N) is 5. The van der Waals surface area contributed by atoms with Crippen molar-refractivity contribution in [1.29, 1.82) is 0 Å². The molecule has 1 fully saturated rings. The fourth-order valence-corrected chi connectivity index (χ4v) is 2.35. The summed E-state index contributed by atoms with van der Waals surface area (Å²) < 4.78 is 1.74. The number of hydrogen-bond donors (Lipinski definition) is 1. The van der Waals surface area contributed by atoms with Crippen molar-refractivity contribution in [3.05, 3.63) is 35.4 Å². The zero-order valence-corrected chi connectivity index (χ0v) is 12.2. The summed E-state index contributed by atoms with van der Waals surface area (Å²) in [5.41, 5.74) is 7.69. The Labute approximate surface area is 122 Å². The van der Waals surface area contributed by atoms with Gasteiger partial charge in [0.05, 0.1) is 17.5 Å². The largest absolute Gasteiger partial charge is 0.368 e. The molecule has 2 N–H and O–H groups in total. The van der Waals surface area contributed by atoms with E-state index in [4.69, 9.17) is 5.73 Å². The molecule has 2 aromatic heterocycles. The van der Waals surface area contributed by atoms with Crippen LogP contribution in [0.4, 0.5) is 5.95 Å². The van der Waals surface area contributed by atoms with Crippen LogP contribution >= 0.6 is 0 Å². The Morgan fingerprint density at radius 3 is 2.81 bits per heavy atom. The minimum absolute atomic E-state index is 0.0427. The van der Waals surface area contributed by atoms with Crippen LogP contribution in [0.15, 0.2) is 18.6 Å². The van der Waals surface area contributed by atoms with E-state index in [9.17, 15) is 4.79 Å². The van der Waals surface area contributed by atoms with Crippen LogP contribution in [0.5, 0.6) is 0 Å². The number of nitrogen functional groups attached to an aromatic ring is 1. The Balaban J connectivity index is 1.85. The molecule has 7 heteroatoms. The number of aromatic nitrogens is 4. The molecule has 0 radical (unpaired) electrons. The Morgan fingerprint density at radius 2 is 2.24 bits per heavy atom. The number of aryl methyl sites for hydroxylation is 2. The lowest BCUT2D eigenvalue weighted by Crippen LogP contribution is -2.33. The lowest BCUT2D eigenvalue weighted by atomic mass is 10.2. The number of hydrogen-bond acceptors (Lipinski definition) is 5. The Bertz CT molecular complexity index is 676. The SMILES string of the molecule is Cc1nc(N)ncc1C(=O)N(Cc1cnn(C)c1)C1CC1. The summed E-state index contributed by atoms with van der Waals surface area (Å²) in [5, 5.41) is 4.15. The van der Waals surface area contributed by atoms with E-state index in [1.54, 1.807) is 17.8 Å². The minimum Gasteiger partial charge on any atom is -0.368 e. The number of nitrogens with two attached hydrogens (primary N) is 1. The monoisotopic (exact) mass is 286 g/mol. The first-order valence-electron chi connectivity index (χ1n) is 6.92. The molecule has 0 saturated heterocycles. The highest BCUT2D eigenvalue weighted by molar-refractivity contribution is 5.95. The predicted molar refractivity (Wildman–Crippen MR) is 77.3 cm³/mol. The first kappa shape index (κ1) is 13.5. The quantitative estimate of drug-likeness (QED) is 0.902. The van der Waals surface area contributed by atoms with E-state index in [0.717, 1.165) is 18.4 Å². The van der Waals surface area contributed by atoms with E-state index in [1.807, 2.05) is 18.1 Å². The van der Waals surface area contributed by atoms with Gasteiger partial charge in [-0.05, 0) is 19.8 Å². The number of anilines is 1. The van der Waals surface area contributed by atoms with Gasteiger partial charge in [0.2, 0.25) is 5.95 Å². The molecule has 3 rings (SSSR count). The first-order chi connectivity index (χ1) is 10.0. The lowest BCUT2D eigenvalue weighted by molar-refractivity contribution is 0.0728. The lowest BCUT2D eigenvalue weighted by Gasteiger charge is -2.22. The third-order valence-corrected chi connectivity index (χ3v) is 3.59. The molecule has 1 aliphatic carbocycles. The third kappa shape index (κ3) is 2.86. The van der Waals surface area contributed by atoms with Gasteiger partial charge in [0.15, 0.2) is 0 Å². The Kier molecular flexibility index (Phi) is 3.32. The van der Waals surface area contributed by atoms with Crippen molar-refractivity contribution in [3.63, 3.8) is 0 Å². The van der Waals surface area contributed by atoms with Crippen LogP contribution in [0.1, 0.15) is 34.5 Å². The van der Waals surface area contributed by atoms with E-state index < -0.39 is 0 Å². The molecule has 2 aromatic rings. The van der Waals surface area contributed by atoms with Gasteiger partial charge in [0.25, 0.3) is 5.91 Å². The molecule has 7 nitrogen and oxygen atoms in total. The molecular weight excluding hydrogens is 268 g/mol. The standard InChI is InChI=1S/C14H18N6O/c1-9-12(6-16-14(15)18-9)13(21)20(11-3-4-11)8-10-5-17-19(2)7-10/h5-7,11H,3-4,8H2,1-2H3,(H2,15,16,18). The predicted octanol–water partition coefficient (Wildman–Crippen LogP) is 0.906. The van der Waals surface area contributed by atoms with Crippen molar-refractivity contribution in [1.82, 2.24) is 24.6 Å². The topological polar surface area (TPSA) is 89.9 Å². The van der Waals surface area contributed by atoms with Crippen molar-refractivity contribution < 1.29 is 4.79 Å². The Hall–Kier alpha value is -2.44. The summed E-state index contributed by atoms with van der Waals surface area (Å²) in [5.74, 6) is 0.146. The number of rotatable bonds is 4. The van der Waals surface area contributed by atoms with Gasteiger partial charge in [-0.1, -0.05) is 0 Å². The van der Waals surface area contributed by atoms with E-state index in [2.05, 4.69) is 15.1 Å². The summed E-state index contributed by atoms with van der Waals surface area (Å²) in [6, 6.07) is 0.301. The smallest absolute Gasteiger partial charge is 0.257 e. The highest BCUT2D eigenvalue weighted by Crippen LogP contribution is 2.30. The average molecular weight is 286 g/mol. The fourth-order valence-electron chi connectivity index (χ4n) is 2.35. The first-order valence-corrected chi connectivity index (χ1v) is 6.92. The van der Waals surface area contributed by atoms with Crippen LogP contribution in [0, 0.1) is 6.92 Å². The molecule has 2 heterocycles. The molecule has 1 saturated carbocycles. The summed E-state index contributed by atoms with van der Waals surface area (Å²) in [6.07, 6.45) is 7.31. The molecule has 0 unspecified atom stereocenters. The number of carbonyl (C=O) groups is 1. The zero-order chi connectivity index (χ0) is 15.0. The fraction of sp³-hybridized carbons (Fsp3) is 0.429. The van der Waals surface area contributed by atoms with E-state index >= 15 is 0 Å². The summed E-state index contributed by atoms with van der Waals surface area (Å²) in [4.78, 5) is 22.6. The van der Waals surface area contributed by atoms with Gasteiger partial charge in [0, 0.05) is 37.6 Å². The summed E-state index contributed by atoms with van der Waals surface area (Å²) in [7, 11) is 1.87. The summed E-state index contributed by atoms with van der Waals surface area (Å²) in [6.45, 7) is 2.33. The van der Waals surface area contributed by atoms with Gasteiger partial charge < -0.3 is 10.6 Å². The number of carbonyl (C=O) groups excluding carboxylic acids is 1. The molecule has 0 aliphatic heterocycles. The van der Waals surface area contributed by atoms with Gasteiger partial charge in [-0.2, -0.15) is 5.10 Å². The maximum Gasteiger partial charge on any atom is 0.257 e. The Morgan fingerprint density at radius 1 is 1.48 bits per heavy atom. The van der Waals surface area contributed by atoms with Crippen LogP contribution in [0.3, 0.4) is 0 Å². The molecule has 1 aliphatic rings. The summed E-state index contributed by atoms with van der Waals surface area (Å²) >= 11 is 0. The van der Waals surface area contributed by atoms with Crippen LogP contribution in [-0.4, -0.2) is 36.6 Å². The second-order valence-electron chi connectivity index (χ2n) is 5.41. The minimum atomic E-state index is -0.0427. The highest BCUT2D eigenvalue weighted by atomic mass is 16.2. The van der Waals surface area contributed by atoms with E-state index in [1.165, 1.54) is 6.20 Å². The van der Waals surface area contributed by atoms with E-state index in [-0.39, 0.29) is 11.9 Å². The van der Waals surface area contributed by atoms with Gasteiger partial charge in [-0.25, -0.2) is 9.97 Å². The maximum absolute atomic E-state index is 12.7. The van der Waals surface area contributed by atoms with Crippen molar-refractivity contribution in [2.75, 3.05) is 5.73 Å². The third-order valence-electron chi connectivity index (χ3n) is 3.59. The van der Waals surface area contributed by atoms with Crippen molar-refractivity contribution in [3.8, 4) is 0 Å². The molecule has 110 valence electrons. The van der Waals surface area contributed by atoms with Crippen LogP contribution in [-0.2, 0) is 13.6 Å². The number of amides is 1. The second kappa shape index (κ2) is 5.16. The molecule has 21 heavy (non-hydrogen) atoms. The van der Waals surface area contributed by atoms with E-state index in [0.29, 0.717) is 23.8 Å². The normalized spacial score (nSPS) is 14.2. The van der Waals surface area contributed by atoms with Crippen LogP contribution < -0.4 is 5.73 Å². The molecule has 0 bridgehead atoms. The zero-order valence-electron chi connectivity index (χ0n) is 12.2. The average Bonchev–Trinajstić information content (AvgIpc) is 3.19. The van der Waals surface area contributed by atoms with Gasteiger partial charge in [-0.3, -0.25) is 9.48 Å². The van der Waals surface area contributed by atoms with Crippen molar-refractivity contribution in [2.24, 2.45) is 7.05 Å². The van der Waals surface area contributed by atoms with Crippen molar-refractivity contribution >= 4 is 11.9 Å². The molecule has 0 atom stereocenters. The van der Waals surface area contributed by atoms with Crippen LogP contribution in [0.2, 0.25) is 0 Å². The second-order valence-corrected chi connectivity index (χ2v) is 5.41. The van der Waals surface area contributed by atoms with Gasteiger partial charge >= 0.3 is 0 Å². The maximum atomic E-state index is 12.7. The van der Waals surface area contributed by atoms with Gasteiger partial charge in [0.1, 0.15) is 0 Å². The van der Waals surface area contributed by atoms with Gasteiger partial charge in [-0.15, -0.1) is 0 Å². The molecule has 0 spiro atoms. The van der Waals surface area contributed by atoms with Crippen LogP contribution in [0.25, 0.3) is 0 Å². The molecular formula is C14H18N6O. The highest BCUT2D eigenvalue weighted by Gasteiger charge is 2.34. The molecule has 0 aromatic carbocycles.